The first-order valence-electron chi connectivity index (χ1n) is 10.3. The van der Waals surface area contributed by atoms with Crippen molar-refractivity contribution in [3.8, 4) is 17.1 Å². The Morgan fingerprint density at radius 2 is 1.69 bits per heavy atom. The lowest BCUT2D eigenvalue weighted by Gasteiger charge is -2.14. The van der Waals surface area contributed by atoms with Crippen LogP contribution in [-0.4, -0.2) is 23.0 Å². The summed E-state index contributed by atoms with van der Waals surface area (Å²) in [7, 11) is 1.61. The summed E-state index contributed by atoms with van der Waals surface area (Å²) >= 11 is 0. The number of benzene rings is 3. The topological polar surface area (TPSA) is 76.1 Å². The number of nitrogens with zero attached hydrogens (tertiary/aromatic N) is 2. The van der Waals surface area contributed by atoms with E-state index >= 15 is 0 Å². The van der Waals surface area contributed by atoms with Crippen LogP contribution >= 0.6 is 0 Å². The van der Waals surface area contributed by atoms with Gasteiger partial charge in [-0.2, -0.15) is 0 Å². The van der Waals surface area contributed by atoms with Gasteiger partial charge >= 0.3 is 0 Å². The maximum Gasteiger partial charge on any atom is 0.261 e. The zero-order valence-corrected chi connectivity index (χ0v) is 18.2. The minimum Gasteiger partial charge on any atom is -0.497 e. The third-order valence-electron chi connectivity index (χ3n) is 5.16. The largest absolute Gasteiger partial charge is 0.497 e. The lowest BCUT2D eigenvalue weighted by atomic mass is 10.1. The Bertz CT molecular complexity index is 1260. The Kier molecular flexibility index (Phi) is 6.12. The summed E-state index contributed by atoms with van der Waals surface area (Å²) in [6.45, 7) is 4.05. The maximum atomic E-state index is 13.1. The highest BCUT2D eigenvalue weighted by Gasteiger charge is 2.17. The molecule has 160 valence electrons. The molecule has 1 aromatic heterocycles. The number of aromatic nitrogens is 2. The van der Waals surface area contributed by atoms with E-state index in [9.17, 15) is 4.79 Å². The number of nitrogens with one attached hydrogen (secondary N) is 2. The van der Waals surface area contributed by atoms with E-state index in [4.69, 9.17) is 4.74 Å². The number of hydrogen-bond acceptors (Lipinski definition) is 5. The molecule has 0 unspecified atom stereocenters. The number of anilines is 3. The summed E-state index contributed by atoms with van der Waals surface area (Å²) in [5.74, 6) is 1.35. The number of amides is 1. The summed E-state index contributed by atoms with van der Waals surface area (Å²) < 4.78 is 5.31. The van der Waals surface area contributed by atoms with E-state index in [1.54, 1.807) is 13.3 Å². The van der Waals surface area contributed by atoms with Gasteiger partial charge in [0.05, 0.1) is 7.11 Å². The summed E-state index contributed by atoms with van der Waals surface area (Å²) in [5.41, 5.74) is 4.94. The van der Waals surface area contributed by atoms with Gasteiger partial charge in [-0.05, 0) is 49.2 Å². The standard InChI is InChI=1S/C26H24N4O2/c1-17-12-13-21(14-18(17)2)29-26(31)23-16-27-24(19-8-5-4-6-9-19)30-25(23)28-20-10-7-11-22(15-20)32-3/h4-16H,1-3H3,(H,29,31)(H,27,28,30). The highest BCUT2D eigenvalue weighted by Crippen LogP contribution is 2.26. The van der Waals surface area contributed by atoms with E-state index in [-0.39, 0.29) is 5.91 Å². The SMILES string of the molecule is COc1cccc(Nc2nc(-c3ccccc3)ncc2C(=O)Nc2ccc(C)c(C)c2)c1. The molecule has 0 spiro atoms. The molecule has 0 radical (unpaired) electrons. The van der Waals surface area contributed by atoms with E-state index < -0.39 is 0 Å². The monoisotopic (exact) mass is 424 g/mol. The summed E-state index contributed by atoms with van der Waals surface area (Å²) in [6, 6.07) is 22.9. The van der Waals surface area contributed by atoms with Crippen LogP contribution in [0.3, 0.4) is 0 Å². The Morgan fingerprint density at radius 3 is 2.44 bits per heavy atom. The van der Waals surface area contributed by atoms with Crippen molar-refractivity contribution in [2.45, 2.75) is 13.8 Å². The lowest BCUT2D eigenvalue weighted by molar-refractivity contribution is 0.102. The van der Waals surface area contributed by atoms with Crippen LogP contribution in [0, 0.1) is 13.8 Å². The third-order valence-corrected chi connectivity index (χ3v) is 5.16. The van der Waals surface area contributed by atoms with E-state index in [2.05, 4.69) is 20.6 Å². The lowest BCUT2D eigenvalue weighted by Crippen LogP contribution is -2.16. The van der Waals surface area contributed by atoms with E-state index in [0.29, 0.717) is 23.0 Å². The second kappa shape index (κ2) is 9.31. The number of carbonyl (C=O) groups excluding carboxylic acids is 1. The minimum absolute atomic E-state index is 0.293. The molecule has 0 bridgehead atoms. The van der Waals surface area contributed by atoms with Crippen LogP contribution < -0.4 is 15.4 Å². The molecular formula is C26H24N4O2. The van der Waals surface area contributed by atoms with Crippen molar-refractivity contribution in [2.24, 2.45) is 0 Å². The van der Waals surface area contributed by atoms with Crippen LogP contribution in [0.5, 0.6) is 5.75 Å². The van der Waals surface area contributed by atoms with E-state index in [1.807, 2.05) is 86.6 Å². The predicted molar refractivity (Wildman–Crippen MR) is 128 cm³/mol. The number of aryl methyl sites for hydroxylation is 2. The molecule has 4 rings (SSSR count). The fourth-order valence-electron chi connectivity index (χ4n) is 3.22. The quantitative estimate of drug-likeness (QED) is 0.411. The van der Waals surface area contributed by atoms with Gasteiger partial charge in [0.25, 0.3) is 5.91 Å². The van der Waals surface area contributed by atoms with Gasteiger partial charge in [0, 0.05) is 29.2 Å². The first-order chi connectivity index (χ1) is 15.5. The molecule has 6 heteroatoms. The predicted octanol–water partition coefficient (Wildman–Crippen LogP) is 5.76. The van der Waals surface area contributed by atoms with Crippen LogP contribution in [0.1, 0.15) is 21.5 Å². The molecule has 1 heterocycles. The second-order valence-corrected chi connectivity index (χ2v) is 7.43. The van der Waals surface area contributed by atoms with Crippen molar-refractivity contribution in [2.75, 3.05) is 17.7 Å². The molecule has 0 atom stereocenters. The molecule has 1 amide bonds. The molecule has 0 saturated heterocycles. The fourth-order valence-corrected chi connectivity index (χ4v) is 3.22. The van der Waals surface area contributed by atoms with Gasteiger partial charge in [-0.3, -0.25) is 4.79 Å². The maximum absolute atomic E-state index is 13.1. The third kappa shape index (κ3) is 4.75. The van der Waals surface area contributed by atoms with Crippen molar-refractivity contribution >= 4 is 23.1 Å². The molecule has 0 aliphatic carbocycles. The number of methoxy groups -OCH3 is 1. The average molecular weight is 425 g/mol. The van der Waals surface area contributed by atoms with Crippen LogP contribution in [0.15, 0.2) is 79.0 Å². The summed E-state index contributed by atoms with van der Waals surface area (Å²) in [6.07, 6.45) is 1.55. The van der Waals surface area contributed by atoms with Crippen LogP contribution in [0.2, 0.25) is 0 Å². The smallest absolute Gasteiger partial charge is 0.261 e. The van der Waals surface area contributed by atoms with Gasteiger partial charge in [0.2, 0.25) is 0 Å². The number of rotatable bonds is 6. The molecule has 32 heavy (non-hydrogen) atoms. The van der Waals surface area contributed by atoms with Gasteiger partial charge in [-0.15, -0.1) is 0 Å². The fraction of sp³-hybridized carbons (Fsp3) is 0.115. The minimum atomic E-state index is -0.293. The van der Waals surface area contributed by atoms with E-state index in [0.717, 1.165) is 22.5 Å². The molecule has 0 saturated carbocycles. The normalized spacial score (nSPS) is 10.5. The van der Waals surface area contributed by atoms with Gasteiger partial charge in [-0.25, -0.2) is 9.97 Å². The van der Waals surface area contributed by atoms with Crippen LogP contribution in [0.25, 0.3) is 11.4 Å². The van der Waals surface area contributed by atoms with Crippen molar-refractivity contribution in [1.82, 2.24) is 9.97 Å². The van der Waals surface area contributed by atoms with Crippen LogP contribution in [0.4, 0.5) is 17.2 Å². The molecular weight excluding hydrogens is 400 g/mol. The van der Waals surface area contributed by atoms with Crippen molar-refractivity contribution in [3.05, 3.63) is 95.7 Å². The molecule has 0 fully saturated rings. The molecule has 2 N–H and O–H groups in total. The van der Waals surface area contributed by atoms with Gasteiger partial charge in [0.1, 0.15) is 17.1 Å². The van der Waals surface area contributed by atoms with Crippen molar-refractivity contribution in [3.63, 3.8) is 0 Å². The number of hydrogen-bond donors (Lipinski definition) is 2. The second-order valence-electron chi connectivity index (χ2n) is 7.43. The molecule has 6 nitrogen and oxygen atoms in total. The zero-order valence-electron chi connectivity index (χ0n) is 18.2. The Labute approximate surface area is 187 Å². The first-order valence-corrected chi connectivity index (χ1v) is 10.3. The Morgan fingerprint density at radius 1 is 0.875 bits per heavy atom. The van der Waals surface area contributed by atoms with Crippen molar-refractivity contribution < 1.29 is 9.53 Å². The van der Waals surface area contributed by atoms with Gasteiger partial charge in [0.15, 0.2) is 5.82 Å². The Hall–Kier alpha value is -4.19. The first kappa shape index (κ1) is 21.1. The Balaban J connectivity index is 1.71. The van der Waals surface area contributed by atoms with Gasteiger partial charge < -0.3 is 15.4 Å². The molecule has 0 aliphatic heterocycles. The van der Waals surface area contributed by atoms with Crippen LogP contribution in [-0.2, 0) is 0 Å². The number of ether oxygens (including phenoxy) is 1. The molecule has 3 aromatic carbocycles. The zero-order chi connectivity index (χ0) is 22.5. The average Bonchev–Trinajstić information content (AvgIpc) is 2.82. The summed E-state index contributed by atoms with van der Waals surface area (Å²) in [4.78, 5) is 22.2. The summed E-state index contributed by atoms with van der Waals surface area (Å²) in [5, 5.41) is 6.20. The highest BCUT2D eigenvalue weighted by molar-refractivity contribution is 6.07. The molecule has 4 aromatic rings. The van der Waals surface area contributed by atoms with Gasteiger partial charge in [-0.1, -0.05) is 42.5 Å². The highest BCUT2D eigenvalue weighted by atomic mass is 16.5. The van der Waals surface area contributed by atoms with Crippen molar-refractivity contribution in [1.29, 1.82) is 0 Å². The van der Waals surface area contributed by atoms with E-state index in [1.165, 1.54) is 5.56 Å². The molecule has 0 aliphatic rings. The number of carbonyl (C=O) groups is 1.